The van der Waals surface area contributed by atoms with E-state index in [1.165, 1.54) is 76.8 Å². The lowest BCUT2D eigenvalue weighted by molar-refractivity contribution is 0.669. The molecule has 2 nitrogen and oxygen atoms in total. The van der Waals surface area contributed by atoms with E-state index in [-0.39, 0.29) is 0 Å². The van der Waals surface area contributed by atoms with Crippen LogP contribution in [0.2, 0.25) is 0 Å². The molecule has 0 fully saturated rings. The summed E-state index contributed by atoms with van der Waals surface area (Å²) in [6, 6.07) is 94.6. The fourth-order valence-electron chi connectivity index (χ4n) is 10.3. The van der Waals surface area contributed by atoms with Gasteiger partial charge in [-0.1, -0.05) is 200 Å². The Balaban J connectivity index is 0.917. The van der Waals surface area contributed by atoms with Crippen LogP contribution in [0.5, 0.6) is 0 Å². The average molecular weight is 866 g/mol. The molecule has 0 unspecified atom stereocenters. The lowest BCUT2D eigenvalue weighted by atomic mass is 9.85. The highest BCUT2D eigenvalue weighted by Crippen LogP contribution is 2.46. The Bertz CT molecular complexity index is 4000. The molecule has 0 aliphatic rings. The normalized spacial score (nSPS) is 11.5. The van der Waals surface area contributed by atoms with Gasteiger partial charge in [-0.25, -0.2) is 0 Å². The van der Waals surface area contributed by atoms with Crippen molar-refractivity contribution in [2.45, 2.75) is 0 Å². The summed E-state index contributed by atoms with van der Waals surface area (Å²) in [6.45, 7) is 0. The van der Waals surface area contributed by atoms with E-state index in [1.807, 2.05) is 12.1 Å². The van der Waals surface area contributed by atoms with Gasteiger partial charge < -0.3 is 9.32 Å². The van der Waals surface area contributed by atoms with E-state index in [0.717, 1.165) is 50.1 Å². The molecule has 0 amide bonds. The zero-order valence-electron chi connectivity index (χ0n) is 37.2. The summed E-state index contributed by atoms with van der Waals surface area (Å²) in [4.78, 5) is 2.38. The van der Waals surface area contributed by atoms with Crippen LogP contribution in [-0.4, -0.2) is 0 Å². The second-order valence-corrected chi connectivity index (χ2v) is 17.6. The van der Waals surface area contributed by atoms with Crippen LogP contribution in [0.1, 0.15) is 0 Å². The molecule has 0 saturated heterocycles. The number of hydrogen-bond donors (Lipinski definition) is 0. The van der Waals surface area contributed by atoms with Crippen LogP contribution in [0, 0.1) is 0 Å². The van der Waals surface area contributed by atoms with Crippen LogP contribution in [-0.2, 0) is 0 Å². The smallest absolute Gasteiger partial charge is 0.135 e. The summed E-state index contributed by atoms with van der Waals surface area (Å²) >= 11 is 0. The van der Waals surface area contributed by atoms with Gasteiger partial charge in [0, 0.05) is 27.8 Å². The fourth-order valence-corrected chi connectivity index (χ4v) is 10.3. The maximum atomic E-state index is 6.21. The van der Waals surface area contributed by atoms with Crippen molar-refractivity contribution in [1.29, 1.82) is 0 Å². The van der Waals surface area contributed by atoms with Gasteiger partial charge in [0.05, 0.1) is 0 Å². The maximum Gasteiger partial charge on any atom is 0.135 e. The van der Waals surface area contributed by atoms with Gasteiger partial charge in [0.15, 0.2) is 0 Å². The Morgan fingerprint density at radius 3 is 1.34 bits per heavy atom. The summed E-state index contributed by atoms with van der Waals surface area (Å²) in [5.74, 6) is 0. The van der Waals surface area contributed by atoms with Crippen molar-refractivity contribution in [3.05, 3.63) is 261 Å². The first-order valence-electron chi connectivity index (χ1n) is 23.3. The van der Waals surface area contributed by atoms with Crippen molar-refractivity contribution in [3.63, 3.8) is 0 Å². The monoisotopic (exact) mass is 865 g/mol. The number of anilines is 3. The van der Waals surface area contributed by atoms with Gasteiger partial charge >= 0.3 is 0 Å². The number of para-hydroxylation sites is 1. The predicted molar refractivity (Wildman–Crippen MR) is 288 cm³/mol. The minimum absolute atomic E-state index is 0.894. The van der Waals surface area contributed by atoms with Crippen LogP contribution >= 0.6 is 0 Å². The highest BCUT2D eigenvalue weighted by Gasteiger charge is 2.20. The van der Waals surface area contributed by atoms with Crippen molar-refractivity contribution in [2.75, 3.05) is 4.90 Å². The molecule has 0 atom stereocenters. The molecule has 2 heteroatoms. The van der Waals surface area contributed by atoms with E-state index in [4.69, 9.17) is 4.42 Å². The lowest BCUT2D eigenvalue weighted by Crippen LogP contribution is -2.10. The standard InChI is InChI=1S/C66H43NO/c1-2-14-48(15-3-1)65-60-22-8-6-19-57(60)58-20-7-9-23-61(58)66(65)49-33-38-55(39-34-49)67(56-18-12-17-51(42-56)53-35-40-64-62(43-53)59-21-10-11-24-63(59)68-64)54-36-31-46(32-37-54)45-25-27-47(28-26-45)52-30-29-44-13-4-5-16-50(44)41-52/h1-43H. The SMILES string of the molecule is c1ccc(-c2c(-c3ccc(N(c4ccc(-c5ccc(-c6ccc7ccccc7c6)cc5)cc4)c4cccc(-c5ccc6oc7ccccc7c6c5)c4)cc3)c3ccccc3c3ccccc23)cc1. The minimum Gasteiger partial charge on any atom is -0.456 e. The van der Waals surface area contributed by atoms with Gasteiger partial charge in [-0.05, 0) is 149 Å². The van der Waals surface area contributed by atoms with Gasteiger partial charge in [-0.3, -0.25) is 0 Å². The second-order valence-electron chi connectivity index (χ2n) is 17.6. The molecular weight excluding hydrogens is 823 g/mol. The molecule has 0 radical (unpaired) electrons. The Morgan fingerprint density at radius 1 is 0.221 bits per heavy atom. The highest BCUT2D eigenvalue weighted by atomic mass is 16.3. The third-order valence-corrected chi connectivity index (χ3v) is 13.7. The number of fused-ring (bicyclic) bond motifs is 7. The third kappa shape index (κ3) is 6.90. The van der Waals surface area contributed by atoms with E-state index >= 15 is 0 Å². The van der Waals surface area contributed by atoms with Gasteiger partial charge in [0.1, 0.15) is 11.2 Å². The molecule has 0 bridgehead atoms. The second kappa shape index (κ2) is 16.5. The molecule has 13 aromatic rings. The van der Waals surface area contributed by atoms with Crippen LogP contribution in [0.15, 0.2) is 265 Å². The molecule has 13 rings (SSSR count). The molecule has 1 aromatic heterocycles. The first kappa shape index (κ1) is 39.4. The van der Waals surface area contributed by atoms with E-state index < -0.39 is 0 Å². The Hall–Kier alpha value is -8.98. The molecule has 0 N–H and O–H groups in total. The fraction of sp³-hybridized carbons (Fsp3) is 0. The Kier molecular flexibility index (Phi) is 9.54. The first-order chi connectivity index (χ1) is 33.7. The highest BCUT2D eigenvalue weighted by molar-refractivity contribution is 6.21. The van der Waals surface area contributed by atoms with E-state index in [2.05, 4.69) is 254 Å². The molecule has 0 saturated carbocycles. The number of benzene rings is 12. The number of hydrogen-bond acceptors (Lipinski definition) is 2. The summed E-state index contributed by atoms with van der Waals surface area (Å²) in [6.07, 6.45) is 0. The first-order valence-corrected chi connectivity index (χ1v) is 23.3. The molecule has 318 valence electrons. The zero-order valence-corrected chi connectivity index (χ0v) is 37.2. The summed E-state index contributed by atoms with van der Waals surface area (Å²) in [7, 11) is 0. The largest absolute Gasteiger partial charge is 0.456 e. The zero-order chi connectivity index (χ0) is 45.0. The summed E-state index contributed by atoms with van der Waals surface area (Å²) in [5.41, 5.74) is 16.9. The molecule has 0 aliphatic heterocycles. The van der Waals surface area contributed by atoms with Crippen molar-refractivity contribution < 1.29 is 4.42 Å². The van der Waals surface area contributed by atoms with Crippen LogP contribution < -0.4 is 4.90 Å². The van der Waals surface area contributed by atoms with E-state index in [9.17, 15) is 0 Å². The van der Waals surface area contributed by atoms with Crippen LogP contribution in [0.3, 0.4) is 0 Å². The van der Waals surface area contributed by atoms with Gasteiger partial charge in [-0.2, -0.15) is 0 Å². The summed E-state index contributed by atoms with van der Waals surface area (Å²) in [5, 5.41) is 9.76. The van der Waals surface area contributed by atoms with Crippen LogP contribution in [0.4, 0.5) is 17.1 Å². The predicted octanol–water partition coefficient (Wildman–Crippen LogP) is 18.9. The quantitative estimate of drug-likeness (QED) is 0.142. The number of nitrogens with zero attached hydrogens (tertiary/aromatic N) is 1. The number of furan rings is 1. The third-order valence-electron chi connectivity index (χ3n) is 13.7. The molecule has 1 heterocycles. The van der Waals surface area contributed by atoms with Gasteiger partial charge in [-0.15, -0.1) is 0 Å². The van der Waals surface area contributed by atoms with Crippen molar-refractivity contribution >= 4 is 71.3 Å². The van der Waals surface area contributed by atoms with Gasteiger partial charge in [0.25, 0.3) is 0 Å². The van der Waals surface area contributed by atoms with Crippen molar-refractivity contribution in [2.24, 2.45) is 0 Å². The van der Waals surface area contributed by atoms with Gasteiger partial charge in [0.2, 0.25) is 0 Å². The van der Waals surface area contributed by atoms with Crippen molar-refractivity contribution in [1.82, 2.24) is 0 Å². The molecule has 68 heavy (non-hydrogen) atoms. The average Bonchev–Trinajstić information content (AvgIpc) is 3.79. The Morgan fingerprint density at radius 2 is 0.662 bits per heavy atom. The minimum atomic E-state index is 0.894. The Labute approximate surface area is 395 Å². The lowest BCUT2D eigenvalue weighted by Gasteiger charge is -2.27. The molecule has 12 aromatic carbocycles. The van der Waals surface area contributed by atoms with E-state index in [0.29, 0.717) is 0 Å². The van der Waals surface area contributed by atoms with Crippen molar-refractivity contribution in [3.8, 4) is 55.6 Å². The molecular formula is C66H43NO. The maximum absolute atomic E-state index is 6.21. The molecule has 0 aliphatic carbocycles. The van der Waals surface area contributed by atoms with E-state index in [1.54, 1.807) is 0 Å². The molecule has 0 spiro atoms. The topological polar surface area (TPSA) is 16.4 Å². The number of rotatable bonds is 8. The summed E-state index contributed by atoms with van der Waals surface area (Å²) < 4.78 is 6.21. The van der Waals surface area contributed by atoms with Crippen LogP contribution in [0.25, 0.3) is 110 Å².